The van der Waals surface area contributed by atoms with Crippen molar-refractivity contribution in [1.82, 2.24) is 5.32 Å². The van der Waals surface area contributed by atoms with Gasteiger partial charge in [-0.25, -0.2) is 4.79 Å². The molecule has 0 atom stereocenters. The highest BCUT2D eigenvalue weighted by Crippen LogP contribution is 2.25. The molecule has 1 amide bonds. The molecular weight excluding hydrogens is 316 g/mol. The van der Waals surface area contributed by atoms with E-state index in [1.165, 1.54) is 0 Å². The Hall–Kier alpha value is -3.08. The van der Waals surface area contributed by atoms with Gasteiger partial charge in [0.05, 0.1) is 0 Å². The summed E-state index contributed by atoms with van der Waals surface area (Å²) in [6.07, 6.45) is 0. The van der Waals surface area contributed by atoms with E-state index in [0.717, 1.165) is 23.4 Å². The maximum Gasteiger partial charge on any atom is 0.349 e. The van der Waals surface area contributed by atoms with Crippen LogP contribution in [-0.4, -0.2) is 19.0 Å². The molecule has 0 aliphatic heterocycles. The van der Waals surface area contributed by atoms with Crippen LogP contribution in [0.4, 0.5) is 5.69 Å². The van der Waals surface area contributed by atoms with Crippen molar-refractivity contribution in [2.24, 2.45) is 0 Å². The minimum Gasteiger partial charge on any atom is -0.422 e. The van der Waals surface area contributed by atoms with E-state index in [1.54, 1.807) is 13.0 Å². The van der Waals surface area contributed by atoms with E-state index in [2.05, 4.69) is 10.6 Å². The number of rotatable bonds is 5. The van der Waals surface area contributed by atoms with Crippen LogP contribution in [0, 0.1) is 0 Å². The fourth-order valence-electron chi connectivity index (χ4n) is 2.69. The van der Waals surface area contributed by atoms with E-state index in [0.29, 0.717) is 17.5 Å². The monoisotopic (exact) mass is 336 g/mol. The lowest BCUT2D eigenvalue weighted by molar-refractivity contribution is 0.0952. The Labute approximate surface area is 145 Å². The van der Waals surface area contributed by atoms with Gasteiger partial charge in [-0.1, -0.05) is 24.3 Å². The molecular formula is C20H20N2O3. The van der Waals surface area contributed by atoms with Crippen molar-refractivity contribution in [3.63, 3.8) is 0 Å². The van der Waals surface area contributed by atoms with E-state index in [9.17, 15) is 9.59 Å². The van der Waals surface area contributed by atoms with Crippen LogP contribution in [0.25, 0.3) is 22.1 Å². The van der Waals surface area contributed by atoms with Crippen molar-refractivity contribution in [2.45, 2.75) is 13.8 Å². The smallest absolute Gasteiger partial charge is 0.349 e. The quantitative estimate of drug-likeness (QED) is 0.698. The van der Waals surface area contributed by atoms with Crippen LogP contribution < -0.4 is 16.3 Å². The normalized spacial score (nSPS) is 10.6. The summed E-state index contributed by atoms with van der Waals surface area (Å²) >= 11 is 0. The van der Waals surface area contributed by atoms with Gasteiger partial charge in [-0.05, 0) is 49.2 Å². The maximum absolute atomic E-state index is 12.1. The average molecular weight is 336 g/mol. The lowest BCUT2D eigenvalue weighted by Gasteiger charge is -2.07. The highest BCUT2D eigenvalue weighted by atomic mass is 16.4. The summed E-state index contributed by atoms with van der Waals surface area (Å²) in [5.41, 5.74) is 2.90. The molecule has 0 aliphatic rings. The van der Waals surface area contributed by atoms with E-state index in [1.807, 2.05) is 49.4 Å². The zero-order valence-corrected chi connectivity index (χ0v) is 14.3. The Morgan fingerprint density at radius 1 is 0.960 bits per heavy atom. The van der Waals surface area contributed by atoms with Gasteiger partial charge in [-0.15, -0.1) is 0 Å². The minimum absolute atomic E-state index is 0.0251. The molecule has 1 aromatic heterocycles. The predicted molar refractivity (Wildman–Crippen MR) is 100 cm³/mol. The SMILES string of the molecule is CCNC(=O)c1cc2ccc(-c3ccc(NCC)cc3)cc2oc1=O. The van der Waals surface area contributed by atoms with Crippen LogP contribution in [0.5, 0.6) is 0 Å². The first-order chi connectivity index (χ1) is 12.1. The number of nitrogens with one attached hydrogen (secondary N) is 2. The Kier molecular flexibility index (Phi) is 4.84. The second-order valence-electron chi connectivity index (χ2n) is 5.67. The summed E-state index contributed by atoms with van der Waals surface area (Å²) < 4.78 is 5.36. The van der Waals surface area contributed by atoms with Gasteiger partial charge in [0, 0.05) is 24.2 Å². The maximum atomic E-state index is 12.1. The third-order valence-electron chi connectivity index (χ3n) is 3.92. The number of hydrogen-bond donors (Lipinski definition) is 2. The van der Waals surface area contributed by atoms with E-state index >= 15 is 0 Å². The van der Waals surface area contributed by atoms with Gasteiger partial charge in [-0.2, -0.15) is 0 Å². The van der Waals surface area contributed by atoms with Crippen LogP contribution in [0.1, 0.15) is 24.2 Å². The van der Waals surface area contributed by atoms with Gasteiger partial charge in [-0.3, -0.25) is 4.79 Å². The van der Waals surface area contributed by atoms with Crippen molar-refractivity contribution in [3.8, 4) is 11.1 Å². The molecule has 128 valence electrons. The van der Waals surface area contributed by atoms with Gasteiger partial charge in [0.2, 0.25) is 0 Å². The fourth-order valence-corrected chi connectivity index (χ4v) is 2.69. The zero-order chi connectivity index (χ0) is 17.8. The third-order valence-corrected chi connectivity index (χ3v) is 3.92. The highest BCUT2D eigenvalue weighted by Gasteiger charge is 2.13. The fraction of sp³-hybridized carbons (Fsp3) is 0.200. The number of carbonyl (C=O) groups is 1. The molecule has 0 spiro atoms. The predicted octanol–water partition coefficient (Wildman–Crippen LogP) is 3.64. The first kappa shape index (κ1) is 16.8. The summed E-state index contributed by atoms with van der Waals surface area (Å²) in [5, 5.41) is 6.58. The molecule has 3 aromatic rings. The second kappa shape index (κ2) is 7.21. The van der Waals surface area contributed by atoms with Crippen LogP contribution in [-0.2, 0) is 0 Å². The lowest BCUT2D eigenvalue weighted by Crippen LogP contribution is -2.27. The molecule has 0 fully saturated rings. The van der Waals surface area contributed by atoms with Gasteiger partial charge in [0.1, 0.15) is 11.1 Å². The van der Waals surface area contributed by atoms with E-state index in [-0.39, 0.29) is 5.56 Å². The molecule has 0 saturated heterocycles. The van der Waals surface area contributed by atoms with Crippen LogP contribution >= 0.6 is 0 Å². The lowest BCUT2D eigenvalue weighted by atomic mass is 10.0. The first-order valence-corrected chi connectivity index (χ1v) is 8.32. The van der Waals surface area contributed by atoms with Crippen molar-refractivity contribution < 1.29 is 9.21 Å². The molecule has 5 nitrogen and oxygen atoms in total. The molecule has 1 heterocycles. The Balaban J connectivity index is 1.98. The molecule has 3 rings (SSSR count). The number of amides is 1. The van der Waals surface area contributed by atoms with Crippen molar-refractivity contribution >= 4 is 22.6 Å². The van der Waals surface area contributed by atoms with E-state index in [4.69, 9.17) is 4.42 Å². The number of benzene rings is 2. The van der Waals surface area contributed by atoms with Crippen molar-refractivity contribution in [2.75, 3.05) is 18.4 Å². The first-order valence-electron chi connectivity index (χ1n) is 8.32. The van der Waals surface area contributed by atoms with Gasteiger partial charge < -0.3 is 15.1 Å². The molecule has 0 bridgehead atoms. The van der Waals surface area contributed by atoms with Crippen LogP contribution in [0.2, 0.25) is 0 Å². The Morgan fingerprint density at radius 2 is 1.68 bits per heavy atom. The molecule has 5 heteroatoms. The standard InChI is InChI=1S/C20H20N2O3/c1-3-21-16-9-7-13(8-10-16)14-5-6-15-11-17(19(23)22-4-2)20(24)25-18(15)12-14/h5-12,21H,3-4H2,1-2H3,(H,22,23). The minimum atomic E-state index is -0.627. The molecule has 0 radical (unpaired) electrons. The largest absolute Gasteiger partial charge is 0.422 e. The van der Waals surface area contributed by atoms with Crippen LogP contribution in [0.3, 0.4) is 0 Å². The van der Waals surface area contributed by atoms with Gasteiger partial charge >= 0.3 is 5.63 Å². The van der Waals surface area contributed by atoms with Crippen LogP contribution in [0.15, 0.2) is 57.7 Å². The summed E-state index contributed by atoms with van der Waals surface area (Å²) in [5.74, 6) is -0.416. The Bertz CT molecular complexity index is 959. The van der Waals surface area contributed by atoms with Crippen molar-refractivity contribution in [1.29, 1.82) is 0 Å². The number of carbonyl (C=O) groups excluding carboxylic acids is 1. The molecule has 2 N–H and O–H groups in total. The topological polar surface area (TPSA) is 71.3 Å². The molecule has 2 aromatic carbocycles. The highest BCUT2D eigenvalue weighted by molar-refractivity contribution is 5.97. The molecule has 0 saturated carbocycles. The van der Waals surface area contributed by atoms with Gasteiger partial charge in [0.25, 0.3) is 5.91 Å². The molecule has 25 heavy (non-hydrogen) atoms. The number of anilines is 1. The Morgan fingerprint density at radius 3 is 2.36 bits per heavy atom. The summed E-state index contributed by atoms with van der Waals surface area (Å²) in [7, 11) is 0. The number of fused-ring (bicyclic) bond motifs is 1. The number of hydrogen-bond acceptors (Lipinski definition) is 4. The van der Waals surface area contributed by atoms with Gasteiger partial charge in [0.15, 0.2) is 0 Å². The average Bonchev–Trinajstić information content (AvgIpc) is 2.62. The third kappa shape index (κ3) is 3.55. The summed E-state index contributed by atoms with van der Waals surface area (Å²) in [4.78, 5) is 24.0. The van der Waals surface area contributed by atoms with Crippen molar-refractivity contribution in [3.05, 3.63) is 64.5 Å². The zero-order valence-electron chi connectivity index (χ0n) is 14.3. The van der Waals surface area contributed by atoms with E-state index < -0.39 is 11.5 Å². The second-order valence-corrected chi connectivity index (χ2v) is 5.67. The molecule has 0 aliphatic carbocycles. The summed E-state index contributed by atoms with van der Waals surface area (Å²) in [6, 6.07) is 15.3. The summed E-state index contributed by atoms with van der Waals surface area (Å²) in [6.45, 7) is 5.18. The molecule has 0 unspecified atom stereocenters.